The first-order chi connectivity index (χ1) is 9.19. The highest BCUT2D eigenvalue weighted by molar-refractivity contribution is 7.80. The van der Waals surface area contributed by atoms with Gasteiger partial charge in [-0.15, -0.1) is 12.6 Å². The Labute approximate surface area is 120 Å². The number of rotatable bonds is 1. The standard InChI is InChI=1S/C16H21NOS/c18-15(13-4-3-5-14(19)12-13)17-10-8-16(9-11-17)6-1-2-7-16/h3-5,12,19H,1-2,6-11H2. The van der Waals surface area contributed by atoms with Crippen LogP contribution in [0.15, 0.2) is 29.2 Å². The van der Waals surface area contributed by atoms with E-state index in [1.54, 1.807) is 0 Å². The van der Waals surface area contributed by atoms with E-state index in [9.17, 15) is 4.79 Å². The van der Waals surface area contributed by atoms with Crippen molar-refractivity contribution in [2.24, 2.45) is 5.41 Å². The molecule has 1 aliphatic heterocycles. The second-order valence-corrected chi connectivity index (χ2v) is 6.57. The van der Waals surface area contributed by atoms with Crippen LogP contribution in [0.3, 0.4) is 0 Å². The molecule has 1 aromatic rings. The van der Waals surface area contributed by atoms with Gasteiger partial charge in [-0.3, -0.25) is 4.79 Å². The fourth-order valence-corrected chi connectivity index (χ4v) is 3.86. The van der Waals surface area contributed by atoms with Gasteiger partial charge in [0.15, 0.2) is 0 Å². The molecule has 0 aromatic heterocycles. The van der Waals surface area contributed by atoms with Crippen LogP contribution in [0.25, 0.3) is 0 Å². The Morgan fingerprint density at radius 2 is 1.79 bits per heavy atom. The number of carbonyl (C=O) groups is 1. The first kappa shape index (κ1) is 13.0. The van der Waals surface area contributed by atoms with Gasteiger partial charge < -0.3 is 4.90 Å². The second-order valence-electron chi connectivity index (χ2n) is 6.05. The van der Waals surface area contributed by atoms with Gasteiger partial charge in [0.25, 0.3) is 5.91 Å². The molecule has 2 nitrogen and oxygen atoms in total. The highest BCUT2D eigenvalue weighted by Gasteiger charge is 2.37. The molecule has 2 aliphatic rings. The number of likely N-dealkylation sites (tertiary alicyclic amines) is 1. The summed E-state index contributed by atoms with van der Waals surface area (Å²) in [7, 11) is 0. The molecule has 0 N–H and O–H groups in total. The van der Waals surface area contributed by atoms with E-state index >= 15 is 0 Å². The Hall–Kier alpha value is -0.960. The molecule has 0 unspecified atom stereocenters. The van der Waals surface area contributed by atoms with E-state index in [0.29, 0.717) is 5.41 Å². The van der Waals surface area contributed by atoms with E-state index < -0.39 is 0 Å². The third-order valence-corrected chi connectivity index (χ3v) is 5.15. The Bertz CT molecular complexity index is 469. The van der Waals surface area contributed by atoms with E-state index in [1.807, 2.05) is 29.2 Å². The molecule has 19 heavy (non-hydrogen) atoms. The lowest BCUT2D eigenvalue weighted by molar-refractivity contribution is 0.0587. The number of carbonyl (C=O) groups excluding carboxylic acids is 1. The molecule has 2 fully saturated rings. The maximum absolute atomic E-state index is 12.4. The van der Waals surface area contributed by atoms with Crippen LogP contribution in [-0.2, 0) is 0 Å². The van der Waals surface area contributed by atoms with Crippen molar-refractivity contribution >= 4 is 18.5 Å². The predicted octanol–water partition coefficient (Wildman–Crippen LogP) is 3.77. The van der Waals surface area contributed by atoms with Crippen molar-refractivity contribution in [3.05, 3.63) is 29.8 Å². The summed E-state index contributed by atoms with van der Waals surface area (Å²) in [5, 5.41) is 0. The van der Waals surface area contributed by atoms with Gasteiger partial charge in [-0.05, 0) is 49.3 Å². The van der Waals surface area contributed by atoms with Gasteiger partial charge in [-0.2, -0.15) is 0 Å². The summed E-state index contributed by atoms with van der Waals surface area (Å²) in [6.07, 6.45) is 7.91. The van der Waals surface area contributed by atoms with E-state index in [1.165, 1.54) is 38.5 Å². The smallest absolute Gasteiger partial charge is 0.253 e. The van der Waals surface area contributed by atoms with Gasteiger partial charge in [-0.1, -0.05) is 18.9 Å². The van der Waals surface area contributed by atoms with Crippen molar-refractivity contribution in [1.29, 1.82) is 0 Å². The number of amides is 1. The number of hydrogen-bond acceptors (Lipinski definition) is 2. The second kappa shape index (κ2) is 5.20. The summed E-state index contributed by atoms with van der Waals surface area (Å²) in [6.45, 7) is 1.85. The van der Waals surface area contributed by atoms with E-state index in [0.717, 1.165) is 23.5 Å². The molecule has 1 heterocycles. The first-order valence-corrected chi connectivity index (χ1v) is 7.72. The van der Waals surface area contributed by atoms with Crippen molar-refractivity contribution in [3.63, 3.8) is 0 Å². The molecule has 3 rings (SSSR count). The Balaban J connectivity index is 1.66. The highest BCUT2D eigenvalue weighted by Crippen LogP contribution is 2.46. The maximum Gasteiger partial charge on any atom is 0.253 e. The molecule has 0 bridgehead atoms. The quantitative estimate of drug-likeness (QED) is 0.774. The number of benzene rings is 1. The Morgan fingerprint density at radius 1 is 1.11 bits per heavy atom. The normalized spacial score (nSPS) is 21.8. The van der Waals surface area contributed by atoms with Crippen LogP contribution in [0.1, 0.15) is 48.9 Å². The molecule has 1 saturated carbocycles. The topological polar surface area (TPSA) is 20.3 Å². The van der Waals surface area contributed by atoms with Crippen molar-refractivity contribution in [2.45, 2.75) is 43.4 Å². The van der Waals surface area contributed by atoms with Crippen molar-refractivity contribution in [2.75, 3.05) is 13.1 Å². The highest BCUT2D eigenvalue weighted by atomic mass is 32.1. The van der Waals surface area contributed by atoms with E-state index in [2.05, 4.69) is 12.6 Å². The molecule has 1 aliphatic carbocycles. The Kier molecular flexibility index (Phi) is 3.57. The zero-order valence-corrected chi connectivity index (χ0v) is 12.2. The Morgan fingerprint density at radius 3 is 2.42 bits per heavy atom. The van der Waals surface area contributed by atoms with Crippen LogP contribution in [-0.4, -0.2) is 23.9 Å². The largest absolute Gasteiger partial charge is 0.339 e. The lowest BCUT2D eigenvalue weighted by Crippen LogP contribution is -2.42. The van der Waals surface area contributed by atoms with Gasteiger partial charge in [0, 0.05) is 23.5 Å². The minimum absolute atomic E-state index is 0.170. The third-order valence-electron chi connectivity index (χ3n) is 4.87. The van der Waals surface area contributed by atoms with Gasteiger partial charge >= 0.3 is 0 Å². The van der Waals surface area contributed by atoms with Crippen LogP contribution in [0.5, 0.6) is 0 Å². The van der Waals surface area contributed by atoms with Crippen LogP contribution in [0, 0.1) is 5.41 Å². The lowest BCUT2D eigenvalue weighted by atomic mass is 9.77. The fraction of sp³-hybridized carbons (Fsp3) is 0.562. The third kappa shape index (κ3) is 2.66. The molecule has 0 radical (unpaired) electrons. The average Bonchev–Trinajstić information content (AvgIpc) is 2.87. The van der Waals surface area contributed by atoms with E-state index in [4.69, 9.17) is 0 Å². The van der Waals surface area contributed by atoms with Crippen LogP contribution < -0.4 is 0 Å². The van der Waals surface area contributed by atoms with Gasteiger partial charge in [-0.25, -0.2) is 0 Å². The number of piperidine rings is 1. The van der Waals surface area contributed by atoms with Crippen LogP contribution >= 0.6 is 12.6 Å². The van der Waals surface area contributed by atoms with Gasteiger partial charge in [0.05, 0.1) is 0 Å². The fourth-order valence-electron chi connectivity index (χ4n) is 3.63. The van der Waals surface area contributed by atoms with Gasteiger partial charge in [0.1, 0.15) is 0 Å². The van der Waals surface area contributed by atoms with Gasteiger partial charge in [0.2, 0.25) is 0 Å². The molecule has 1 amide bonds. The zero-order chi connectivity index (χ0) is 13.3. The minimum Gasteiger partial charge on any atom is -0.339 e. The summed E-state index contributed by atoms with van der Waals surface area (Å²) in [5.74, 6) is 0.170. The molecule has 1 spiro atoms. The molecule has 1 aromatic carbocycles. The number of thiol groups is 1. The summed E-state index contributed by atoms with van der Waals surface area (Å²) < 4.78 is 0. The van der Waals surface area contributed by atoms with Crippen LogP contribution in [0.4, 0.5) is 0 Å². The molecular formula is C16H21NOS. The first-order valence-electron chi connectivity index (χ1n) is 7.27. The predicted molar refractivity (Wildman–Crippen MR) is 79.7 cm³/mol. The lowest BCUT2D eigenvalue weighted by Gasteiger charge is -2.39. The molecule has 102 valence electrons. The number of nitrogens with zero attached hydrogens (tertiary/aromatic N) is 1. The summed E-state index contributed by atoms with van der Waals surface area (Å²) in [5.41, 5.74) is 1.34. The molecular weight excluding hydrogens is 254 g/mol. The van der Waals surface area contributed by atoms with Crippen LogP contribution in [0.2, 0.25) is 0 Å². The summed E-state index contributed by atoms with van der Waals surface area (Å²) in [4.78, 5) is 15.3. The summed E-state index contributed by atoms with van der Waals surface area (Å²) in [6, 6.07) is 7.56. The minimum atomic E-state index is 0.170. The van der Waals surface area contributed by atoms with Crippen molar-refractivity contribution < 1.29 is 4.79 Å². The average molecular weight is 275 g/mol. The molecule has 1 saturated heterocycles. The SMILES string of the molecule is O=C(c1cccc(S)c1)N1CCC2(CCCC2)CC1. The molecule has 0 atom stereocenters. The van der Waals surface area contributed by atoms with Crippen molar-refractivity contribution in [1.82, 2.24) is 4.90 Å². The van der Waals surface area contributed by atoms with E-state index in [-0.39, 0.29) is 5.91 Å². The zero-order valence-electron chi connectivity index (χ0n) is 11.3. The van der Waals surface area contributed by atoms with Crippen molar-refractivity contribution in [3.8, 4) is 0 Å². The summed E-state index contributed by atoms with van der Waals surface area (Å²) >= 11 is 4.31. The monoisotopic (exact) mass is 275 g/mol. The number of hydrogen-bond donors (Lipinski definition) is 1. The maximum atomic E-state index is 12.4. The molecule has 3 heteroatoms.